The molecule has 2 aromatic carbocycles. The van der Waals surface area contributed by atoms with Crippen LogP contribution in [0.1, 0.15) is 10.4 Å². The van der Waals surface area contributed by atoms with E-state index in [0.29, 0.717) is 22.9 Å². The monoisotopic (exact) mass is 314 g/mol. The molecule has 7 heteroatoms. The fourth-order valence-electron chi connectivity index (χ4n) is 2.06. The molecule has 3 rings (SSSR count). The summed E-state index contributed by atoms with van der Waals surface area (Å²) in [5.74, 6) is 0.0569. The van der Waals surface area contributed by atoms with Gasteiger partial charge in [-0.05, 0) is 24.3 Å². The van der Waals surface area contributed by atoms with Gasteiger partial charge in [0.1, 0.15) is 0 Å². The zero-order chi connectivity index (χ0) is 16.2. The minimum absolute atomic E-state index is 0.156. The molecule has 0 fully saturated rings. The van der Waals surface area contributed by atoms with E-state index in [0.717, 1.165) is 0 Å². The fraction of sp³-hybridized carbons (Fsp3) is 0.125. The van der Waals surface area contributed by atoms with E-state index in [-0.39, 0.29) is 12.4 Å². The molecule has 1 aliphatic heterocycles. The molecule has 2 aromatic rings. The quantitative estimate of drug-likeness (QED) is 0.659. The van der Waals surface area contributed by atoms with Gasteiger partial charge in [0.05, 0.1) is 5.56 Å². The Kier molecular flexibility index (Phi) is 4.01. The van der Waals surface area contributed by atoms with Gasteiger partial charge in [0.2, 0.25) is 6.79 Å². The second kappa shape index (κ2) is 6.27. The van der Waals surface area contributed by atoms with E-state index in [1.807, 2.05) is 0 Å². The predicted molar refractivity (Wildman–Crippen MR) is 82.3 cm³/mol. The summed E-state index contributed by atoms with van der Waals surface area (Å²) < 4.78 is 15.3. The molecule has 0 unspecified atom stereocenters. The molecular formula is C16H14N2O5. The SMILES string of the molecule is Nc1ccccc1C(=O)OCC(=O)Nc1ccc2c(c1)OCO2. The standard InChI is InChI=1S/C16H14N2O5/c17-12-4-2-1-3-11(12)16(20)21-8-15(19)18-10-5-6-13-14(7-10)23-9-22-13/h1-7H,8-9,17H2,(H,18,19). The number of nitrogen functional groups attached to an aromatic ring is 1. The summed E-state index contributed by atoms with van der Waals surface area (Å²) in [7, 11) is 0. The Labute approximate surface area is 131 Å². The van der Waals surface area contributed by atoms with Crippen molar-refractivity contribution in [2.75, 3.05) is 24.5 Å². The van der Waals surface area contributed by atoms with Crippen molar-refractivity contribution in [3.05, 3.63) is 48.0 Å². The molecular weight excluding hydrogens is 300 g/mol. The summed E-state index contributed by atoms with van der Waals surface area (Å²) in [5.41, 5.74) is 6.72. The number of para-hydroxylation sites is 1. The number of hydrogen-bond donors (Lipinski definition) is 2. The van der Waals surface area contributed by atoms with Gasteiger partial charge in [-0.15, -0.1) is 0 Å². The van der Waals surface area contributed by atoms with Gasteiger partial charge in [-0.25, -0.2) is 4.79 Å². The first-order valence-electron chi connectivity index (χ1n) is 6.84. The molecule has 0 atom stereocenters. The summed E-state index contributed by atoms with van der Waals surface area (Å²) >= 11 is 0. The lowest BCUT2D eigenvalue weighted by molar-refractivity contribution is -0.119. The van der Waals surface area contributed by atoms with Crippen LogP contribution in [-0.4, -0.2) is 25.3 Å². The number of rotatable bonds is 4. The number of nitrogens with one attached hydrogen (secondary N) is 1. The molecule has 7 nitrogen and oxygen atoms in total. The first kappa shape index (κ1) is 14.7. The number of fused-ring (bicyclic) bond motifs is 1. The first-order valence-corrected chi connectivity index (χ1v) is 6.84. The third-order valence-electron chi connectivity index (χ3n) is 3.17. The van der Waals surface area contributed by atoms with E-state index in [9.17, 15) is 9.59 Å². The van der Waals surface area contributed by atoms with E-state index in [1.165, 1.54) is 6.07 Å². The molecule has 118 valence electrons. The van der Waals surface area contributed by atoms with E-state index in [2.05, 4.69) is 5.32 Å². The van der Waals surface area contributed by atoms with Gasteiger partial charge >= 0.3 is 5.97 Å². The lowest BCUT2D eigenvalue weighted by Gasteiger charge is -2.08. The molecule has 0 bridgehead atoms. The Bertz CT molecular complexity index is 760. The molecule has 0 aromatic heterocycles. The van der Waals surface area contributed by atoms with Gasteiger partial charge in [0, 0.05) is 17.4 Å². The Hall–Kier alpha value is -3.22. The van der Waals surface area contributed by atoms with Crippen molar-refractivity contribution in [3.8, 4) is 11.5 Å². The lowest BCUT2D eigenvalue weighted by atomic mass is 10.2. The maximum atomic E-state index is 11.9. The van der Waals surface area contributed by atoms with Crippen molar-refractivity contribution in [2.45, 2.75) is 0 Å². The zero-order valence-electron chi connectivity index (χ0n) is 12.1. The van der Waals surface area contributed by atoms with Crippen LogP contribution in [-0.2, 0) is 9.53 Å². The van der Waals surface area contributed by atoms with Gasteiger partial charge in [0.15, 0.2) is 18.1 Å². The highest BCUT2D eigenvalue weighted by Gasteiger charge is 2.15. The number of nitrogens with two attached hydrogens (primary N) is 1. The van der Waals surface area contributed by atoms with E-state index in [4.69, 9.17) is 19.9 Å². The Morgan fingerprint density at radius 3 is 2.74 bits per heavy atom. The molecule has 0 saturated heterocycles. The van der Waals surface area contributed by atoms with Crippen LogP contribution in [0.15, 0.2) is 42.5 Å². The third-order valence-corrected chi connectivity index (χ3v) is 3.17. The molecule has 0 spiro atoms. The Morgan fingerprint density at radius 2 is 1.91 bits per heavy atom. The third kappa shape index (κ3) is 3.34. The molecule has 0 aliphatic carbocycles. The lowest BCUT2D eigenvalue weighted by Crippen LogP contribution is -2.21. The highest BCUT2D eigenvalue weighted by Crippen LogP contribution is 2.34. The number of esters is 1. The fourth-order valence-corrected chi connectivity index (χ4v) is 2.06. The smallest absolute Gasteiger partial charge is 0.340 e. The van der Waals surface area contributed by atoms with Gasteiger partial charge < -0.3 is 25.3 Å². The maximum Gasteiger partial charge on any atom is 0.340 e. The first-order chi connectivity index (χ1) is 11.1. The predicted octanol–water partition coefficient (Wildman–Crippen LogP) is 1.79. The Morgan fingerprint density at radius 1 is 1.13 bits per heavy atom. The number of carbonyl (C=O) groups excluding carboxylic acids is 2. The second-order valence-corrected chi connectivity index (χ2v) is 4.78. The molecule has 1 aliphatic rings. The van der Waals surface area contributed by atoms with E-state index < -0.39 is 18.5 Å². The molecule has 3 N–H and O–H groups in total. The summed E-state index contributed by atoms with van der Waals surface area (Å²) in [6, 6.07) is 11.5. The van der Waals surface area contributed by atoms with E-state index in [1.54, 1.807) is 36.4 Å². The number of benzene rings is 2. The van der Waals surface area contributed by atoms with Crippen LogP contribution >= 0.6 is 0 Å². The normalized spacial score (nSPS) is 11.8. The summed E-state index contributed by atoms with van der Waals surface area (Å²) in [5, 5.41) is 2.61. The average molecular weight is 314 g/mol. The van der Waals surface area contributed by atoms with Crippen molar-refractivity contribution in [1.29, 1.82) is 0 Å². The average Bonchev–Trinajstić information content (AvgIpc) is 3.01. The number of ether oxygens (including phenoxy) is 3. The van der Waals surface area contributed by atoms with Crippen LogP contribution in [0, 0.1) is 0 Å². The van der Waals surface area contributed by atoms with Crippen molar-refractivity contribution < 1.29 is 23.8 Å². The molecule has 0 saturated carbocycles. The summed E-state index contributed by atoms with van der Waals surface area (Å²) in [6.07, 6.45) is 0. The van der Waals surface area contributed by atoms with Gasteiger partial charge in [-0.3, -0.25) is 4.79 Å². The van der Waals surface area contributed by atoms with Crippen molar-refractivity contribution in [1.82, 2.24) is 0 Å². The number of anilines is 2. The van der Waals surface area contributed by atoms with Crippen LogP contribution in [0.2, 0.25) is 0 Å². The second-order valence-electron chi connectivity index (χ2n) is 4.78. The zero-order valence-corrected chi connectivity index (χ0v) is 12.1. The van der Waals surface area contributed by atoms with Crippen LogP contribution < -0.4 is 20.5 Å². The number of amides is 1. The maximum absolute atomic E-state index is 11.9. The Balaban J connectivity index is 1.56. The van der Waals surface area contributed by atoms with Gasteiger partial charge in [0.25, 0.3) is 5.91 Å². The largest absolute Gasteiger partial charge is 0.454 e. The molecule has 1 amide bonds. The van der Waals surface area contributed by atoms with Crippen LogP contribution in [0.3, 0.4) is 0 Å². The van der Waals surface area contributed by atoms with Crippen molar-refractivity contribution >= 4 is 23.3 Å². The van der Waals surface area contributed by atoms with Crippen LogP contribution in [0.25, 0.3) is 0 Å². The van der Waals surface area contributed by atoms with Gasteiger partial charge in [-0.2, -0.15) is 0 Å². The molecule has 1 heterocycles. The topological polar surface area (TPSA) is 99.9 Å². The van der Waals surface area contributed by atoms with Gasteiger partial charge in [-0.1, -0.05) is 12.1 Å². The van der Waals surface area contributed by atoms with Crippen LogP contribution in [0.5, 0.6) is 11.5 Å². The molecule has 23 heavy (non-hydrogen) atoms. The number of carbonyl (C=O) groups is 2. The number of hydrogen-bond acceptors (Lipinski definition) is 6. The highest BCUT2D eigenvalue weighted by atomic mass is 16.7. The van der Waals surface area contributed by atoms with Crippen molar-refractivity contribution in [2.24, 2.45) is 0 Å². The summed E-state index contributed by atoms with van der Waals surface area (Å²) in [4.78, 5) is 23.7. The highest BCUT2D eigenvalue weighted by molar-refractivity contribution is 5.98. The van der Waals surface area contributed by atoms with Crippen LogP contribution in [0.4, 0.5) is 11.4 Å². The minimum Gasteiger partial charge on any atom is -0.454 e. The minimum atomic E-state index is -0.649. The van der Waals surface area contributed by atoms with Crippen molar-refractivity contribution in [3.63, 3.8) is 0 Å². The molecule has 0 radical (unpaired) electrons. The van der Waals surface area contributed by atoms with E-state index >= 15 is 0 Å². The summed E-state index contributed by atoms with van der Waals surface area (Å²) in [6.45, 7) is -0.259.